The Morgan fingerprint density at radius 3 is 2.79 bits per heavy atom. The number of aromatic nitrogens is 2. The average molecular weight is 286 g/mol. The zero-order valence-corrected chi connectivity index (χ0v) is 12.8. The fraction of sp³-hybridized carbons (Fsp3) is 0.750. The first-order chi connectivity index (χ1) is 9.08. The van der Waals surface area contributed by atoms with Crippen LogP contribution in [0.2, 0.25) is 0 Å². The Bertz CT molecular complexity index is 395. The number of carbonyl (C=O) groups is 1. The highest BCUT2D eigenvalue weighted by Crippen LogP contribution is 2.17. The van der Waals surface area contributed by atoms with Gasteiger partial charge in [0.2, 0.25) is 10.1 Å². The van der Waals surface area contributed by atoms with Crippen LogP contribution in [0.15, 0.2) is 0 Å². The van der Waals surface area contributed by atoms with Gasteiger partial charge in [0, 0.05) is 26.7 Å². The summed E-state index contributed by atoms with van der Waals surface area (Å²) < 4.78 is 5.04. The number of ether oxygens (including phenoxy) is 1. The van der Waals surface area contributed by atoms with Crippen LogP contribution >= 0.6 is 11.3 Å². The van der Waals surface area contributed by atoms with Crippen molar-refractivity contribution in [1.29, 1.82) is 0 Å². The van der Waals surface area contributed by atoms with Crippen molar-refractivity contribution in [1.82, 2.24) is 15.1 Å². The Hall–Kier alpha value is -1.21. The predicted octanol–water partition coefficient (Wildman–Crippen LogP) is 1.71. The van der Waals surface area contributed by atoms with Gasteiger partial charge >= 0.3 is 0 Å². The summed E-state index contributed by atoms with van der Waals surface area (Å²) in [6, 6.07) is 0. The van der Waals surface area contributed by atoms with Gasteiger partial charge in [-0.05, 0) is 12.8 Å². The molecule has 0 saturated carbocycles. The van der Waals surface area contributed by atoms with E-state index in [9.17, 15) is 4.79 Å². The van der Waals surface area contributed by atoms with Crippen LogP contribution < -0.4 is 5.32 Å². The van der Waals surface area contributed by atoms with Gasteiger partial charge in [0.1, 0.15) is 0 Å². The summed E-state index contributed by atoms with van der Waals surface area (Å²) in [5, 5.41) is 12.1. The van der Waals surface area contributed by atoms with E-state index in [2.05, 4.69) is 29.4 Å². The molecule has 1 aromatic rings. The van der Waals surface area contributed by atoms with E-state index in [1.807, 2.05) is 6.92 Å². The van der Waals surface area contributed by atoms with Gasteiger partial charge < -0.3 is 15.0 Å². The highest BCUT2D eigenvalue weighted by Gasteiger charge is 2.20. The van der Waals surface area contributed by atoms with Crippen LogP contribution in [0.5, 0.6) is 0 Å². The number of hydrogen-bond donors (Lipinski definition) is 1. The fourth-order valence-electron chi connectivity index (χ4n) is 1.59. The van der Waals surface area contributed by atoms with Gasteiger partial charge in [0.05, 0.1) is 6.61 Å². The first-order valence-electron chi connectivity index (χ1n) is 6.44. The molecule has 19 heavy (non-hydrogen) atoms. The first kappa shape index (κ1) is 15.8. The van der Waals surface area contributed by atoms with Gasteiger partial charge in [-0.3, -0.25) is 4.79 Å². The van der Waals surface area contributed by atoms with Crippen LogP contribution in [0.3, 0.4) is 0 Å². The van der Waals surface area contributed by atoms with E-state index in [4.69, 9.17) is 4.74 Å². The van der Waals surface area contributed by atoms with E-state index < -0.39 is 0 Å². The molecule has 0 aromatic carbocycles. The Morgan fingerprint density at radius 2 is 2.21 bits per heavy atom. The third-order valence-electron chi connectivity index (χ3n) is 2.37. The van der Waals surface area contributed by atoms with Gasteiger partial charge in [0.25, 0.3) is 5.91 Å². The lowest BCUT2D eigenvalue weighted by molar-refractivity contribution is 0.0671. The third-order valence-corrected chi connectivity index (χ3v) is 3.24. The molecular weight excluding hydrogens is 264 g/mol. The topological polar surface area (TPSA) is 67.4 Å². The molecule has 1 aromatic heterocycles. The highest BCUT2D eigenvalue weighted by molar-refractivity contribution is 7.17. The zero-order chi connectivity index (χ0) is 14.3. The molecule has 1 heterocycles. The molecule has 0 aliphatic rings. The number of anilines is 1. The standard InChI is InChI=1S/C12H22N4O2S/c1-5-13-12-15-14-10(19-12)11(17)16(6-7-18-4)8-9(2)3/h9H,5-8H2,1-4H3,(H,13,15). The largest absolute Gasteiger partial charge is 0.383 e. The summed E-state index contributed by atoms with van der Waals surface area (Å²) in [6.45, 7) is 8.70. The summed E-state index contributed by atoms with van der Waals surface area (Å²) in [5.74, 6) is 0.328. The van der Waals surface area contributed by atoms with E-state index in [0.29, 0.717) is 35.8 Å². The van der Waals surface area contributed by atoms with Crippen LogP contribution in [-0.4, -0.2) is 54.4 Å². The second kappa shape index (κ2) is 8.06. The monoisotopic (exact) mass is 286 g/mol. The smallest absolute Gasteiger partial charge is 0.284 e. The average Bonchev–Trinajstić information content (AvgIpc) is 2.82. The number of rotatable bonds is 8. The summed E-state index contributed by atoms with van der Waals surface area (Å²) in [6.07, 6.45) is 0. The van der Waals surface area contributed by atoms with Gasteiger partial charge in [-0.2, -0.15) is 0 Å². The van der Waals surface area contributed by atoms with E-state index in [-0.39, 0.29) is 5.91 Å². The van der Waals surface area contributed by atoms with Crippen LogP contribution in [-0.2, 0) is 4.74 Å². The first-order valence-corrected chi connectivity index (χ1v) is 7.25. The lowest BCUT2D eigenvalue weighted by atomic mass is 10.2. The molecule has 7 heteroatoms. The number of nitrogens with one attached hydrogen (secondary N) is 1. The van der Waals surface area contributed by atoms with Crippen molar-refractivity contribution in [2.75, 3.05) is 38.7 Å². The molecule has 0 fully saturated rings. The molecule has 108 valence electrons. The minimum Gasteiger partial charge on any atom is -0.383 e. The molecule has 1 N–H and O–H groups in total. The van der Waals surface area contributed by atoms with Gasteiger partial charge in [0.15, 0.2) is 0 Å². The van der Waals surface area contributed by atoms with Crippen LogP contribution in [0.4, 0.5) is 5.13 Å². The van der Waals surface area contributed by atoms with E-state index >= 15 is 0 Å². The molecule has 0 spiro atoms. The second-order valence-electron chi connectivity index (χ2n) is 4.58. The quantitative estimate of drug-likeness (QED) is 0.788. The minimum absolute atomic E-state index is 0.0765. The molecule has 0 aliphatic carbocycles. The van der Waals surface area contributed by atoms with Crippen molar-refractivity contribution >= 4 is 22.4 Å². The predicted molar refractivity (Wildman–Crippen MR) is 76.7 cm³/mol. The summed E-state index contributed by atoms with van der Waals surface area (Å²) in [5.41, 5.74) is 0. The van der Waals surface area contributed by atoms with Gasteiger partial charge in [-0.15, -0.1) is 10.2 Å². The maximum absolute atomic E-state index is 12.4. The van der Waals surface area contributed by atoms with Crippen molar-refractivity contribution in [3.8, 4) is 0 Å². The molecule has 0 saturated heterocycles. The Morgan fingerprint density at radius 1 is 1.47 bits per heavy atom. The Balaban J connectivity index is 2.72. The minimum atomic E-state index is -0.0765. The molecule has 0 bridgehead atoms. The number of hydrogen-bond acceptors (Lipinski definition) is 6. The van der Waals surface area contributed by atoms with Crippen molar-refractivity contribution in [3.63, 3.8) is 0 Å². The van der Waals surface area contributed by atoms with Crippen LogP contribution in [0.1, 0.15) is 30.6 Å². The van der Waals surface area contributed by atoms with Crippen LogP contribution in [0, 0.1) is 5.92 Å². The molecular formula is C12H22N4O2S. The molecule has 0 atom stereocenters. The second-order valence-corrected chi connectivity index (χ2v) is 5.56. The molecule has 0 aliphatic heterocycles. The normalized spacial score (nSPS) is 10.8. The van der Waals surface area contributed by atoms with Crippen molar-refractivity contribution in [2.24, 2.45) is 5.92 Å². The maximum atomic E-state index is 12.4. The van der Waals surface area contributed by atoms with Gasteiger partial charge in [-0.25, -0.2) is 0 Å². The molecule has 6 nitrogen and oxygen atoms in total. The van der Waals surface area contributed by atoms with Crippen molar-refractivity contribution in [2.45, 2.75) is 20.8 Å². The Kier molecular flexibility index (Phi) is 6.72. The molecule has 0 unspecified atom stereocenters. The lowest BCUT2D eigenvalue weighted by Crippen LogP contribution is -2.36. The van der Waals surface area contributed by atoms with Crippen molar-refractivity contribution in [3.05, 3.63) is 5.01 Å². The van der Waals surface area contributed by atoms with E-state index in [1.165, 1.54) is 11.3 Å². The number of carbonyl (C=O) groups excluding carboxylic acids is 1. The number of methoxy groups -OCH3 is 1. The molecule has 0 radical (unpaired) electrons. The van der Waals surface area contributed by atoms with E-state index in [1.54, 1.807) is 12.0 Å². The van der Waals surface area contributed by atoms with Gasteiger partial charge in [-0.1, -0.05) is 25.2 Å². The molecule has 1 amide bonds. The summed E-state index contributed by atoms with van der Waals surface area (Å²) >= 11 is 1.29. The third kappa shape index (κ3) is 5.12. The summed E-state index contributed by atoms with van der Waals surface area (Å²) in [7, 11) is 1.63. The number of nitrogens with zero attached hydrogens (tertiary/aromatic N) is 3. The van der Waals surface area contributed by atoms with Crippen molar-refractivity contribution < 1.29 is 9.53 Å². The Labute approximate surface area is 118 Å². The zero-order valence-electron chi connectivity index (χ0n) is 12.0. The van der Waals surface area contributed by atoms with Crippen LogP contribution in [0.25, 0.3) is 0 Å². The molecule has 1 rings (SSSR count). The SMILES string of the molecule is CCNc1nnc(C(=O)N(CCOC)CC(C)C)s1. The lowest BCUT2D eigenvalue weighted by Gasteiger charge is -2.22. The number of amides is 1. The summed E-state index contributed by atoms with van der Waals surface area (Å²) in [4.78, 5) is 14.1. The van der Waals surface area contributed by atoms with E-state index in [0.717, 1.165) is 6.54 Å². The fourth-order valence-corrected chi connectivity index (χ4v) is 2.36. The maximum Gasteiger partial charge on any atom is 0.284 e. The highest BCUT2D eigenvalue weighted by atomic mass is 32.1.